The van der Waals surface area contributed by atoms with Gasteiger partial charge in [-0.25, -0.2) is 9.78 Å². The van der Waals surface area contributed by atoms with Gasteiger partial charge in [-0.15, -0.1) is 24.8 Å². The average molecular weight is 316 g/mol. The Hall–Kier alpha value is -1.56. The molecule has 2 heterocycles. The van der Waals surface area contributed by atoms with E-state index in [1.165, 1.54) is 0 Å². The Kier molecular flexibility index (Phi) is 5.56. The fourth-order valence-electron chi connectivity index (χ4n) is 2.15. The lowest BCUT2D eigenvalue weighted by Gasteiger charge is -2.09. The number of carboxylic acids is 1. The van der Waals surface area contributed by atoms with Crippen molar-refractivity contribution in [2.75, 3.05) is 6.54 Å². The zero-order chi connectivity index (χ0) is 12.5. The number of carboxylic acid groups (broad SMARTS) is 1. The predicted octanol–water partition coefficient (Wildman–Crippen LogP) is 2.26. The standard InChI is InChI=1S/C13H13N3O2.2ClH/c17-13(18)9-3-1-2-8(6-9)12-15-10-4-5-14-7-11(10)16-12;;/h1-3,6,14H,4-5,7H2,(H,15,16)(H,17,18);2*1H. The molecule has 0 aliphatic carbocycles. The SMILES string of the molecule is Cl.Cl.O=C(O)c1cccc(-c2nc3c([nH]2)CNCC3)c1. The minimum atomic E-state index is -0.921. The van der Waals surface area contributed by atoms with E-state index in [4.69, 9.17) is 5.11 Å². The third-order valence-electron chi connectivity index (χ3n) is 3.09. The van der Waals surface area contributed by atoms with Gasteiger partial charge in [0.05, 0.1) is 17.0 Å². The number of aromatic nitrogens is 2. The van der Waals surface area contributed by atoms with Crippen LogP contribution in [0.5, 0.6) is 0 Å². The summed E-state index contributed by atoms with van der Waals surface area (Å²) in [5.41, 5.74) is 3.26. The van der Waals surface area contributed by atoms with Gasteiger partial charge in [-0.1, -0.05) is 12.1 Å². The first-order chi connectivity index (χ1) is 8.74. The molecule has 1 aliphatic rings. The van der Waals surface area contributed by atoms with Crippen molar-refractivity contribution in [3.8, 4) is 11.4 Å². The third-order valence-corrected chi connectivity index (χ3v) is 3.09. The maximum absolute atomic E-state index is 10.9. The number of aromatic carboxylic acids is 1. The Morgan fingerprint density at radius 2 is 2.10 bits per heavy atom. The zero-order valence-corrected chi connectivity index (χ0v) is 12.2. The summed E-state index contributed by atoms with van der Waals surface area (Å²) >= 11 is 0. The first kappa shape index (κ1) is 16.5. The molecule has 2 aromatic rings. The summed E-state index contributed by atoms with van der Waals surface area (Å²) in [6, 6.07) is 6.82. The van der Waals surface area contributed by atoms with Crippen LogP contribution in [0.4, 0.5) is 0 Å². The van der Waals surface area contributed by atoms with Crippen LogP contribution in [0.1, 0.15) is 21.7 Å². The van der Waals surface area contributed by atoms with E-state index < -0.39 is 5.97 Å². The van der Waals surface area contributed by atoms with Crippen molar-refractivity contribution >= 4 is 30.8 Å². The summed E-state index contributed by atoms with van der Waals surface area (Å²) < 4.78 is 0. The van der Waals surface area contributed by atoms with Gasteiger partial charge in [0, 0.05) is 25.1 Å². The topological polar surface area (TPSA) is 78.0 Å². The van der Waals surface area contributed by atoms with Crippen LogP contribution in [-0.4, -0.2) is 27.6 Å². The van der Waals surface area contributed by atoms with Gasteiger partial charge in [0.15, 0.2) is 0 Å². The smallest absolute Gasteiger partial charge is 0.335 e. The molecule has 0 spiro atoms. The van der Waals surface area contributed by atoms with Crippen LogP contribution >= 0.6 is 24.8 Å². The molecule has 1 aromatic carbocycles. The molecular weight excluding hydrogens is 301 g/mol. The number of nitrogens with one attached hydrogen (secondary N) is 2. The largest absolute Gasteiger partial charge is 0.478 e. The Morgan fingerprint density at radius 3 is 2.80 bits per heavy atom. The maximum Gasteiger partial charge on any atom is 0.335 e. The van der Waals surface area contributed by atoms with E-state index in [0.717, 1.165) is 42.3 Å². The van der Waals surface area contributed by atoms with Crippen molar-refractivity contribution in [1.82, 2.24) is 15.3 Å². The highest BCUT2D eigenvalue weighted by molar-refractivity contribution is 5.89. The van der Waals surface area contributed by atoms with E-state index >= 15 is 0 Å². The first-order valence-electron chi connectivity index (χ1n) is 5.86. The number of carbonyl (C=O) groups is 1. The second-order valence-electron chi connectivity index (χ2n) is 4.32. The minimum Gasteiger partial charge on any atom is -0.478 e. The number of H-pyrrole nitrogens is 1. The fourth-order valence-corrected chi connectivity index (χ4v) is 2.15. The fraction of sp³-hybridized carbons (Fsp3) is 0.231. The molecule has 5 nitrogen and oxygen atoms in total. The number of hydrogen-bond acceptors (Lipinski definition) is 3. The number of nitrogens with zero attached hydrogens (tertiary/aromatic N) is 1. The molecule has 20 heavy (non-hydrogen) atoms. The van der Waals surface area contributed by atoms with Crippen molar-refractivity contribution < 1.29 is 9.90 Å². The van der Waals surface area contributed by atoms with Crippen molar-refractivity contribution in [1.29, 1.82) is 0 Å². The van der Waals surface area contributed by atoms with Crippen LogP contribution in [0, 0.1) is 0 Å². The molecule has 0 saturated heterocycles. The lowest BCUT2D eigenvalue weighted by molar-refractivity contribution is 0.0697. The number of fused-ring (bicyclic) bond motifs is 1. The Balaban J connectivity index is 0.000001000. The van der Waals surface area contributed by atoms with Gasteiger partial charge in [-0.3, -0.25) is 0 Å². The van der Waals surface area contributed by atoms with Crippen molar-refractivity contribution in [2.45, 2.75) is 13.0 Å². The zero-order valence-electron chi connectivity index (χ0n) is 10.5. The molecule has 108 valence electrons. The van der Waals surface area contributed by atoms with E-state index in [9.17, 15) is 4.79 Å². The van der Waals surface area contributed by atoms with Crippen molar-refractivity contribution in [3.63, 3.8) is 0 Å². The number of rotatable bonds is 2. The predicted molar refractivity (Wildman–Crippen MR) is 80.9 cm³/mol. The van der Waals surface area contributed by atoms with Crippen molar-refractivity contribution in [3.05, 3.63) is 41.2 Å². The molecule has 0 amide bonds. The normalized spacial score (nSPS) is 12.8. The van der Waals surface area contributed by atoms with Gasteiger partial charge in [0.25, 0.3) is 0 Å². The lowest BCUT2D eigenvalue weighted by atomic mass is 10.1. The Morgan fingerprint density at radius 1 is 1.30 bits per heavy atom. The summed E-state index contributed by atoms with van der Waals surface area (Å²) in [5.74, 6) is -0.179. The number of aromatic amines is 1. The number of benzene rings is 1. The molecule has 1 aliphatic heterocycles. The molecule has 0 radical (unpaired) electrons. The molecule has 0 fully saturated rings. The lowest BCUT2D eigenvalue weighted by Crippen LogP contribution is -2.23. The highest BCUT2D eigenvalue weighted by Gasteiger charge is 2.15. The third kappa shape index (κ3) is 3.12. The summed E-state index contributed by atoms with van der Waals surface area (Å²) in [6.45, 7) is 1.73. The Bertz CT molecular complexity index is 590. The maximum atomic E-state index is 10.9. The van der Waals surface area contributed by atoms with Crippen LogP contribution in [0.2, 0.25) is 0 Å². The number of halogens is 2. The molecule has 1 aromatic heterocycles. The second-order valence-corrected chi connectivity index (χ2v) is 4.32. The van der Waals surface area contributed by atoms with E-state index in [-0.39, 0.29) is 30.4 Å². The average Bonchev–Trinajstić information content (AvgIpc) is 2.82. The van der Waals surface area contributed by atoms with Gasteiger partial charge < -0.3 is 15.4 Å². The molecule has 7 heteroatoms. The number of hydrogen-bond donors (Lipinski definition) is 3. The monoisotopic (exact) mass is 315 g/mol. The van der Waals surface area contributed by atoms with Crippen molar-refractivity contribution in [2.24, 2.45) is 0 Å². The summed E-state index contributed by atoms with van der Waals surface area (Å²) in [6.07, 6.45) is 0.907. The summed E-state index contributed by atoms with van der Waals surface area (Å²) in [4.78, 5) is 18.7. The summed E-state index contributed by atoms with van der Waals surface area (Å²) in [5, 5.41) is 12.2. The molecule has 0 atom stereocenters. The van der Waals surface area contributed by atoms with Crippen LogP contribution in [-0.2, 0) is 13.0 Å². The molecule has 0 bridgehead atoms. The van der Waals surface area contributed by atoms with Crippen LogP contribution in [0.3, 0.4) is 0 Å². The van der Waals surface area contributed by atoms with E-state index in [1.807, 2.05) is 6.07 Å². The Labute approximate surface area is 128 Å². The molecule has 0 saturated carbocycles. The van der Waals surface area contributed by atoms with Gasteiger partial charge in [-0.2, -0.15) is 0 Å². The molecule has 3 N–H and O–H groups in total. The molecule has 3 rings (SSSR count). The van der Waals surface area contributed by atoms with Gasteiger partial charge in [-0.05, 0) is 12.1 Å². The molecular formula is C13H15Cl2N3O2. The van der Waals surface area contributed by atoms with E-state index in [0.29, 0.717) is 0 Å². The minimum absolute atomic E-state index is 0. The molecule has 0 unspecified atom stereocenters. The first-order valence-corrected chi connectivity index (χ1v) is 5.86. The second kappa shape index (κ2) is 6.74. The van der Waals surface area contributed by atoms with Crippen LogP contribution < -0.4 is 5.32 Å². The van der Waals surface area contributed by atoms with Gasteiger partial charge in [0.2, 0.25) is 0 Å². The summed E-state index contributed by atoms with van der Waals surface area (Å²) in [7, 11) is 0. The van der Waals surface area contributed by atoms with Crippen LogP contribution in [0.25, 0.3) is 11.4 Å². The quantitative estimate of drug-likeness (QED) is 0.794. The highest BCUT2D eigenvalue weighted by Crippen LogP contribution is 2.21. The van der Waals surface area contributed by atoms with E-state index in [2.05, 4.69) is 15.3 Å². The van der Waals surface area contributed by atoms with Gasteiger partial charge >= 0.3 is 5.97 Å². The number of imidazole rings is 1. The van der Waals surface area contributed by atoms with Gasteiger partial charge in [0.1, 0.15) is 5.82 Å². The van der Waals surface area contributed by atoms with Crippen LogP contribution in [0.15, 0.2) is 24.3 Å². The highest BCUT2D eigenvalue weighted by atomic mass is 35.5. The van der Waals surface area contributed by atoms with E-state index in [1.54, 1.807) is 18.2 Å².